The maximum atomic E-state index is 12.3. The van der Waals surface area contributed by atoms with E-state index >= 15 is 0 Å². The van der Waals surface area contributed by atoms with Crippen LogP contribution in [0.2, 0.25) is 5.02 Å². The molecule has 1 atom stereocenters. The van der Waals surface area contributed by atoms with E-state index in [2.05, 4.69) is 24.5 Å². The molecule has 0 aromatic heterocycles. The Morgan fingerprint density at radius 3 is 2.36 bits per heavy atom. The minimum atomic E-state index is -0.143. The lowest BCUT2D eigenvalue weighted by Crippen LogP contribution is -2.40. The summed E-state index contributed by atoms with van der Waals surface area (Å²) in [5.74, 6) is 0.516. The van der Waals surface area contributed by atoms with Crippen molar-refractivity contribution in [2.24, 2.45) is 11.8 Å². The summed E-state index contributed by atoms with van der Waals surface area (Å²) in [4.78, 5) is 24.4. The zero-order valence-corrected chi connectivity index (χ0v) is 15.9. The van der Waals surface area contributed by atoms with Gasteiger partial charge in [0, 0.05) is 10.9 Å². The maximum absolute atomic E-state index is 12.3. The van der Waals surface area contributed by atoms with Crippen LogP contribution in [-0.4, -0.2) is 18.4 Å². The molecule has 25 heavy (non-hydrogen) atoms. The number of hydrogen-bond donors (Lipinski definition) is 2. The summed E-state index contributed by atoms with van der Waals surface area (Å²) < 4.78 is 0. The lowest BCUT2D eigenvalue weighted by atomic mass is 9.97. The number of nitrogens with one attached hydrogen (secondary N) is 2. The Bertz CT molecular complexity index is 566. The predicted molar refractivity (Wildman–Crippen MR) is 101 cm³/mol. The van der Waals surface area contributed by atoms with Gasteiger partial charge in [-0.05, 0) is 49.3 Å². The maximum Gasteiger partial charge on any atom is 0.239 e. The molecule has 0 radical (unpaired) electrons. The molecule has 4 nitrogen and oxygen atoms in total. The molecule has 1 aliphatic carbocycles. The SMILES string of the molecule is CC(C)CCC(NC(=O)CNC(=O)C1CCCC1)c1ccc(Cl)cc1. The van der Waals surface area contributed by atoms with Crippen molar-refractivity contribution in [2.75, 3.05) is 6.54 Å². The van der Waals surface area contributed by atoms with Crippen molar-refractivity contribution in [2.45, 2.75) is 58.4 Å². The molecule has 0 spiro atoms. The van der Waals surface area contributed by atoms with Crippen LogP contribution in [0.4, 0.5) is 0 Å². The van der Waals surface area contributed by atoms with Gasteiger partial charge < -0.3 is 10.6 Å². The Kier molecular flexibility index (Phi) is 7.76. The van der Waals surface area contributed by atoms with Crippen LogP contribution in [0.15, 0.2) is 24.3 Å². The van der Waals surface area contributed by atoms with Gasteiger partial charge in [0.25, 0.3) is 0 Å². The minimum Gasteiger partial charge on any atom is -0.348 e. The average Bonchev–Trinajstić information content (AvgIpc) is 3.12. The molecule has 2 amide bonds. The van der Waals surface area contributed by atoms with Gasteiger partial charge in [0.15, 0.2) is 0 Å². The molecule has 0 aliphatic heterocycles. The van der Waals surface area contributed by atoms with Gasteiger partial charge in [-0.2, -0.15) is 0 Å². The summed E-state index contributed by atoms with van der Waals surface area (Å²) in [5.41, 5.74) is 1.04. The predicted octanol–water partition coefficient (Wildman–Crippen LogP) is 4.24. The number of carbonyl (C=O) groups is 2. The zero-order chi connectivity index (χ0) is 18.2. The first-order valence-corrected chi connectivity index (χ1v) is 9.66. The van der Waals surface area contributed by atoms with Crippen molar-refractivity contribution in [3.63, 3.8) is 0 Å². The Morgan fingerprint density at radius 1 is 1.12 bits per heavy atom. The molecule has 0 heterocycles. The van der Waals surface area contributed by atoms with Crippen LogP contribution >= 0.6 is 11.6 Å². The summed E-state index contributed by atoms with van der Waals surface area (Å²) >= 11 is 5.96. The van der Waals surface area contributed by atoms with Crippen molar-refractivity contribution in [3.05, 3.63) is 34.9 Å². The summed E-state index contributed by atoms with van der Waals surface area (Å²) in [6.45, 7) is 4.38. The van der Waals surface area contributed by atoms with E-state index in [9.17, 15) is 9.59 Å². The van der Waals surface area contributed by atoms with Crippen LogP contribution in [0, 0.1) is 11.8 Å². The number of amides is 2. The van der Waals surface area contributed by atoms with Gasteiger partial charge >= 0.3 is 0 Å². The van der Waals surface area contributed by atoms with E-state index in [4.69, 9.17) is 11.6 Å². The fourth-order valence-electron chi connectivity index (χ4n) is 3.26. The van der Waals surface area contributed by atoms with Crippen LogP contribution < -0.4 is 10.6 Å². The third kappa shape index (κ3) is 6.69. The first kappa shape index (κ1) is 19.8. The molecule has 1 saturated carbocycles. The fraction of sp³-hybridized carbons (Fsp3) is 0.600. The van der Waals surface area contributed by atoms with Crippen LogP contribution in [-0.2, 0) is 9.59 Å². The largest absolute Gasteiger partial charge is 0.348 e. The number of benzene rings is 1. The molecule has 1 aromatic carbocycles. The molecular formula is C20H29ClN2O2. The molecule has 1 aliphatic rings. The topological polar surface area (TPSA) is 58.2 Å². The number of carbonyl (C=O) groups excluding carboxylic acids is 2. The quantitative estimate of drug-likeness (QED) is 0.724. The van der Waals surface area contributed by atoms with E-state index in [-0.39, 0.29) is 30.3 Å². The summed E-state index contributed by atoms with van der Waals surface area (Å²) in [7, 11) is 0. The van der Waals surface area contributed by atoms with Gasteiger partial charge in [0.05, 0.1) is 12.6 Å². The Labute approximate surface area is 155 Å². The monoisotopic (exact) mass is 364 g/mol. The van der Waals surface area contributed by atoms with E-state index in [0.29, 0.717) is 10.9 Å². The fourth-order valence-corrected chi connectivity index (χ4v) is 3.39. The molecular weight excluding hydrogens is 336 g/mol. The second kappa shape index (κ2) is 9.81. The van der Waals surface area contributed by atoms with E-state index in [1.807, 2.05) is 24.3 Å². The minimum absolute atomic E-state index is 0.0119. The molecule has 2 rings (SSSR count). The first-order valence-electron chi connectivity index (χ1n) is 9.28. The standard InChI is InChI=1S/C20H29ClN2O2/c1-14(2)7-12-18(15-8-10-17(21)11-9-15)23-19(24)13-22-20(25)16-5-3-4-6-16/h8-11,14,16,18H,3-7,12-13H2,1-2H3,(H,22,25)(H,23,24). The number of halogens is 1. The molecule has 0 bridgehead atoms. The van der Waals surface area contributed by atoms with Crippen LogP contribution in [0.1, 0.15) is 64.0 Å². The highest BCUT2D eigenvalue weighted by Crippen LogP contribution is 2.25. The second-order valence-electron chi connectivity index (χ2n) is 7.34. The van der Waals surface area contributed by atoms with Crippen LogP contribution in [0.25, 0.3) is 0 Å². The molecule has 1 fully saturated rings. The molecule has 5 heteroatoms. The van der Waals surface area contributed by atoms with Crippen molar-refractivity contribution in [1.29, 1.82) is 0 Å². The molecule has 0 saturated heterocycles. The van der Waals surface area contributed by atoms with Crippen molar-refractivity contribution < 1.29 is 9.59 Å². The highest BCUT2D eigenvalue weighted by molar-refractivity contribution is 6.30. The summed E-state index contributed by atoms with van der Waals surface area (Å²) in [6, 6.07) is 7.52. The van der Waals surface area contributed by atoms with Crippen LogP contribution in [0.5, 0.6) is 0 Å². The van der Waals surface area contributed by atoms with E-state index in [1.54, 1.807) is 0 Å². The van der Waals surface area contributed by atoms with Gasteiger partial charge in [-0.15, -0.1) is 0 Å². The smallest absolute Gasteiger partial charge is 0.239 e. The van der Waals surface area contributed by atoms with E-state index in [1.165, 1.54) is 0 Å². The van der Waals surface area contributed by atoms with Gasteiger partial charge in [-0.25, -0.2) is 0 Å². The third-order valence-electron chi connectivity index (χ3n) is 4.79. The van der Waals surface area contributed by atoms with Crippen LogP contribution in [0.3, 0.4) is 0 Å². The first-order chi connectivity index (χ1) is 12.0. The van der Waals surface area contributed by atoms with Gasteiger partial charge in [-0.1, -0.05) is 50.4 Å². The van der Waals surface area contributed by atoms with Crippen molar-refractivity contribution in [1.82, 2.24) is 10.6 Å². The lowest BCUT2D eigenvalue weighted by molar-refractivity contribution is -0.128. The molecule has 1 unspecified atom stereocenters. The Hall–Kier alpha value is -1.55. The van der Waals surface area contributed by atoms with E-state index in [0.717, 1.165) is 44.1 Å². The van der Waals surface area contributed by atoms with E-state index < -0.39 is 0 Å². The Morgan fingerprint density at radius 2 is 1.76 bits per heavy atom. The normalized spacial score (nSPS) is 16.0. The zero-order valence-electron chi connectivity index (χ0n) is 15.2. The lowest BCUT2D eigenvalue weighted by Gasteiger charge is -2.21. The van der Waals surface area contributed by atoms with Gasteiger partial charge in [-0.3, -0.25) is 9.59 Å². The average molecular weight is 365 g/mol. The number of hydrogen-bond acceptors (Lipinski definition) is 2. The molecule has 1 aromatic rings. The van der Waals surface area contributed by atoms with Gasteiger partial charge in [0.2, 0.25) is 11.8 Å². The van der Waals surface area contributed by atoms with Crippen molar-refractivity contribution >= 4 is 23.4 Å². The third-order valence-corrected chi connectivity index (χ3v) is 5.04. The van der Waals surface area contributed by atoms with Gasteiger partial charge in [0.1, 0.15) is 0 Å². The molecule has 138 valence electrons. The summed E-state index contributed by atoms with van der Waals surface area (Å²) in [6.07, 6.45) is 5.98. The molecule has 2 N–H and O–H groups in total. The summed E-state index contributed by atoms with van der Waals surface area (Å²) in [5, 5.41) is 6.52. The number of rotatable bonds is 8. The highest BCUT2D eigenvalue weighted by Gasteiger charge is 2.23. The Balaban J connectivity index is 1.89. The second-order valence-corrected chi connectivity index (χ2v) is 7.78. The highest BCUT2D eigenvalue weighted by atomic mass is 35.5. The van der Waals surface area contributed by atoms with Crippen molar-refractivity contribution in [3.8, 4) is 0 Å².